The molecule has 0 atom stereocenters. The maximum Gasteiger partial charge on any atom is 0.409 e. The van der Waals surface area contributed by atoms with Gasteiger partial charge in [0.15, 0.2) is 0 Å². The van der Waals surface area contributed by atoms with Gasteiger partial charge in [-0.3, -0.25) is 4.79 Å². The summed E-state index contributed by atoms with van der Waals surface area (Å²) in [6.45, 7) is 0. The normalized spacial score (nSPS) is 19.4. The topological polar surface area (TPSA) is 66.4 Å². The quantitative estimate of drug-likeness (QED) is 0.785. The standard InChI is InChI=1S/C11H13F6NO3/c12-10(13,14)6(11(15,16)17)7(19)18-9(8(20)21)4-2-1-3-5-9/h6H,1-5H2,(H,18,19)(H,20,21). The number of hydrogen-bond acceptors (Lipinski definition) is 2. The van der Waals surface area contributed by atoms with Crippen LogP contribution in [0.25, 0.3) is 0 Å². The number of carbonyl (C=O) groups excluding carboxylic acids is 1. The molecule has 0 bridgehead atoms. The van der Waals surface area contributed by atoms with Crippen LogP contribution in [0, 0.1) is 5.92 Å². The first-order valence-corrected chi connectivity index (χ1v) is 6.09. The van der Waals surface area contributed by atoms with Gasteiger partial charge in [-0.15, -0.1) is 0 Å². The van der Waals surface area contributed by atoms with Crippen LogP contribution in [0.15, 0.2) is 0 Å². The van der Waals surface area contributed by atoms with Crippen molar-refractivity contribution in [3.05, 3.63) is 0 Å². The molecule has 2 N–H and O–H groups in total. The average Bonchev–Trinajstić information content (AvgIpc) is 2.25. The van der Waals surface area contributed by atoms with Crippen molar-refractivity contribution in [2.45, 2.75) is 50.0 Å². The summed E-state index contributed by atoms with van der Waals surface area (Å²) in [6, 6.07) is 0. The fourth-order valence-electron chi connectivity index (χ4n) is 2.34. The van der Waals surface area contributed by atoms with E-state index in [1.54, 1.807) is 0 Å². The van der Waals surface area contributed by atoms with Gasteiger partial charge in [-0.2, -0.15) is 26.3 Å². The van der Waals surface area contributed by atoms with Gasteiger partial charge >= 0.3 is 18.3 Å². The Morgan fingerprint density at radius 1 is 0.952 bits per heavy atom. The number of halogens is 6. The number of carbonyl (C=O) groups is 2. The number of carboxylic acids is 1. The summed E-state index contributed by atoms with van der Waals surface area (Å²) in [5.41, 5.74) is -2.07. The predicted molar refractivity (Wildman–Crippen MR) is 57.2 cm³/mol. The van der Waals surface area contributed by atoms with Crippen LogP contribution < -0.4 is 5.32 Å². The number of rotatable bonds is 3. The lowest BCUT2D eigenvalue weighted by Crippen LogP contribution is -2.60. The van der Waals surface area contributed by atoms with Gasteiger partial charge in [-0.05, 0) is 12.8 Å². The molecular formula is C11H13F6NO3. The van der Waals surface area contributed by atoms with Crippen molar-refractivity contribution in [3.63, 3.8) is 0 Å². The molecule has 1 fully saturated rings. The van der Waals surface area contributed by atoms with Crippen LogP contribution >= 0.6 is 0 Å². The van der Waals surface area contributed by atoms with Crippen LogP contribution in [-0.2, 0) is 9.59 Å². The van der Waals surface area contributed by atoms with E-state index in [2.05, 4.69) is 0 Å². The highest BCUT2D eigenvalue weighted by molar-refractivity contribution is 5.88. The van der Waals surface area contributed by atoms with Crippen LogP contribution in [0.1, 0.15) is 32.1 Å². The molecule has 0 aliphatic heterocycles. The van der Waals surface area contributed by atoms with Crippen molar-refractivity contribution in [2.75, 3.05) is 0 Å². The molecule has 1 amide bonds. The van der Waals surface area contributed by atoms with Gasteiger partial charge in [0.2, 0.25) is 11.8 Å². The Hall–Kier alpha value is -1.48. The van der Waals surface area contributed by atoms with Crippen molar-refractivity contribution in [2.24, 2.45) is 5.92 Å². The SMILES string of the molecule is O=C(NC1(C(=O)O)CCCCC1)C(C(F)(F)F)C(F)(F)F. The monoisotopic (exact) mass is 321 g/mol. The molecule has 0 spiro atoms. The molecule has 1 aliphatic rings. The zero-order valence-corrected chi connectivity index (χ0v) is 10.6. The van der Waals surface area contributed by atoms with Crippen molar-refractivity contribution >= 4 is 11.9 Å². The summed E-state index contributed by atoms with van der Waals surface area (Å²) in [4.78, 5) is 22.6. The van der Waals surface area contributed by atoms with E-state index in [-0.39, 0.29) is 12.8 Å². The van der Waals surface area contributed by atoms with E-state index in [9.17, 15) is 35.9 Å². The van der Waals surface area contributed by atoms with E-state index in [1.807, 2.05) is 0 Å². The van der Waals surface area contributed by atoms with Gasteiger partial charge < -0.3 is 10.4 Å². The minimum Gasteiger partial charge on any atom is -0.480 e. The zero-order chi connectivity index (χ0) is 16.5. The van der Waals surface area contributed by atoms with E-state index in [0.29, 0.717) is 19.3 Å². The fourth-order valence-corrected chi connectivity index (χ4v) is 2.34. The predicted octanol–water partition coefficient (Wildman–Crippen LogP) is 2.63. The first-order valence-electron chi connectivity index (χ1n) is 6.09. The maximum atomic E-state index is 12.4. The number of amides is 1. The zero-order valence-electron chi connectivity index (χ0n) is 10.6. The molecule has 0 saturated heterocycles. The third-order valence-electron chi connectivity index (χ3n) is 3.40. The summed E-state index contributed by atoms with van der Waals surface area (Å²) in [5.74, 6) is -8.24. The fraction of sp³-hybridized carbons (Fsp3) is 0.818. The van der Waals surface area contributed by atoms with Gasteiger partial charge in [0, 0.05) is 0 Å². The van der Waals surface area contributed by atoms with Gasteiger partial charge in [0.1, 0.15) is 5.54 Å². The molecule has 122 valence electrons. The molecule has 0 aromatic rings. The number of nitrogens with one attached hydrogen (secondary N) is 1. The number of alkyl halides is 6. The van der Waals surface area contributed by atoms with Crippen LogP contribution in [0.3, 0.4) is 0 Å². The molecule has 0 aromatic heterocycles. The van der Waals surface area contributed by atoms with Crippen molar-refractivity contribution in [1.29, 1.82) is 0 Å². The Morgan fingerprint density at radius 3 is 1.71 bits per heavy atom. The van der Waals surface area contributed by atoms with E-state index < -0.39 is 35.7 Å². The van der Waals surface area contributed by atoms with E-state index in [1.165, 1.54) is 5.32 Å². The van der Waals surface area contributed by atoms with E-state index >= 15 is 0 Å². The first kappa shape index (κ1) is 17.6. The number of carboxylic acid groups (broad SMARTS) is 1. The minimum atomic E-state index is -5.84. The summed E-state index contributed by atoms with van der Waals surface area (Å²) in [7, 11) is 0. The summed E-state index contributed by atoms with van der Waals surface area (Å²) in [5, 5.41) is 10.5. The molecule has 1 aliphatic carbocycles. The van der Waals surface area contributed by atoms with Crippen LogP contribution in [0.4, 0.5) is 26.3 Å². The molecule has 4 nitrogen and oxygen atoms in total. The second-order valence-corrected chi connectivity index (χ2v) is 4.95. The Kier molecular flexibility index (Phi) is 4.79. The molecule has 0 heterocycles. The Labute approximate surface area is 115 Å². The number of aliphatic carboxylic acids is 1. The largest absolute Gasteiger partial charge is 0.480 e. The molecule has 0 aromatic carbocycles. The lowest BCUT2D eigenvalue weighted by atomic mass is 9.81. The highest BCUT2D eigenvalue weighted by Crippen LogP contribution is 2.40. The minimum absolute atomic E-state index is 0.198. The van der Waals surface area contributed by atoms with Gasteiger partial charge in [-0.1, -0.05) is 19.3 Å². The van der Waals surface area contributed by atoms with Crippen molar-refractivity contribution in [3.8, 4) is 0 Å². The third-order valence-corrected chi connectivity index (χ3v) is 3.40. The molecule has 21 heavy (non-hydrogen) atoms. The van der Waals surface area contributed by atoms with Crippen LogP contribution in [0.5, 0.6) is 0 Å². The van der Waals surface area contributed by atoms with Gasteiger partial charge in [0.25, 0.3) is 0 Å². The molecule has 0 radical (unpaired) electrons. The Balaban J connectivity index is 3.02. The second kappa shape index (κ2) is 5.72. The molecular weight excluding hydrogens is 308 g/mol. The van der Waals surface area contributed by atoms with Crippen molar-refractivity contribution < 1.29 is 41.0 Å². The summed E-state index contributed by atoms with van der Waals surface area (Å²) in [6.07, 6.45) is -10.9. The van der Waals surface area contributed by atoms with Crippen molar-refractivity contribution in [1.82, 2.24) is 5.32 Å². The highest BCUT2D eigenvalue weighted by atomic mass is 19.4. The summed E-state index contributed by atoms with van der Waals surface area (Å²) < 4.78 is 74.5. The van der Waals surface area contributed by atoms with Gasteiger partial charge in [-0.25, -0.2) is 4.79 Å². The molecule has 10 heteroatoms. The second-order valence-electron chi connectivity index (χ2n) is 4.95. The highest BCUT2D eigenvalue weighted by Gasteiger charge is 2.62. The molecule has 0 unspecified atom stereocenters. The lowest BCUT2D eigenvalue weighted by Gasteiger charge is -2.35. The van der Waals surface area contributed by atoms with Crippen LogP contribution in [-0.4, -0.2) is 34.9 Å². The Bertz CT molecular complexity index is 397. The van der Waals surface area contributed by atoms with Crippen LogP contribution in [0.2, 0.25) is 0 Å². The van der Waals surface area contributed by atoms with E-state index in [0.717, 1.165) is 0 Å². The smallest absolute Gasteiger partial charge is 0.409 e. The van der Waals surface area contributed by atoms with E-state index in [4.69, 9.17) is 5.11 Å². The number of hydrogen-bond donors (Lipinski definition) is 2. The third kappa shape index (κ3) is 4.01. The molecule has 1 saturated carbocycles. The lowest BCUT2D eigenvalue weighted by molar-refractivity contribution is -0.274. The Morgan fingerprint density at radius 2 is 1.38 bits per heavy atom. The summed E-state index contributed by atoms with van der Waals surface area (Å²) >= 11 is 0. The van der Waals surface area contributed by atoms with Gasteiger partial charge in [0.05, 0.1) is 0 Å². The maximum absolute atomic E-state index is 12.4. The first-order chi connectivity index (χ1) is 9.40. The average molecular weight is 321 g/mol. The molecule has 1 rings (SSSR count).